The Kier molecular flexibility index (Phi) is 4.58. The van der Waals surface area contributed by atoms with Crippen LogP contribution in [0.5, 0.6) is 0 Å². The number of carbonyl (C=O) groups is 1. The van der Waals surface area contributed by atoms with Gasteiger partial charge in [-0.25, -0.2) is 0 Å². The van der Waals surface area contributed by atoms with Gasteiger partial charge in [0.25, 0.3) is 11.6 Å². The van der Waals surface area contributed by atoms with Gasteiger partial charge in [0.2, 0.25) is 0 Å². The second-order valence-electron chi connectivity index (χ2n) is 4.35. The van der Waals surface area contributed by atoms with Gasteiger partial charge < -0.3 is 11.5 Å². The maximum atomic E-state index is 11.8. The molecule has 0 saturated heterocycles. The number of guanidine groups is 1. The number of allylic oxidation sites excluding steroid dienone is 1. The topological polar surface area (TPSA) is 125 Å². The van der Waals surface area contributed by atoms with E-state index in [9.17, 15) is 14.9 Å². The minimum atomic E-state index is -0.705. The van der Waals surface area contributed by atoms with Crippen molar-refractivity contribution in [1.29, 1.82) is 0 Å². The number of hydrogen-bond acceptors (Lipinski definition) is 3. The van der Waals surface area contributed by atoms with Crippen molar-refractivity contribution >= 4 is 17.6 Å². The summed E-state index contributed by atoms with van der Waals surface area (Å²) in [7, 11) is 0. The molecule has 106 valence electrons. The summed E-state index contributed by atoms with van der Waals surface area (Å²) in [6, 6.07) is 2.78. The summed E-state index contributed by atoms with van der Waals surface area (Å²) >= 11 is 0. The van der Waals surface area contributed by atoms with Gasteiger partial charge in [0.1, 0.15) is 0 Å². The molecular weight excluding hydrogens is 260 g/mol. The first-order valence-corrected chi connectivity index (χ1v) is 5.83. The van der Waals surface area contributed by atoms with Gasteiger partial charge in [0.15, 0.2) is 5.96 Å². The van der Waals surface area contributed by atoms with Crippen LogP contribution in [0.2, 0.25) is 0 Å². The fourth-order valence-corrected chi connectivity index (χ4v) is 1.78. The van der Waals surface area contributed by atoms with E-state index in [-0.39, 0.29) is 23.1 Å². The van der Waals surface area contributed by atoms with Crippen molar-refractivity contribution in [3.8, 4) is 0 Å². The summed E-state index contributed by atoms with van der Waals surface area (Å²) in [5.41, 5.74) is 11.3. The lowest BCUT2D eigenvalue weighted by atomic mass is 9.94. The number of rotatable bonds is 4. The summed E-state index contributed by atoms with van der Waals surface area (Å²) in [6.07, 6.45) is 1.60. The van der Waals surface area contributed by atoms with Crippen LogP contribution in [-0.2, 0) is 0 Å². The van der Waals surface area contributed by atoms with Crippen molar-refractivity contribution in [1.82, 2.24) is 0 Å². The molecule has 0 aliphatic rings. The maximum absolute atomic E-state index is 11.8. The monoisotopic (exact) mass is 276 g/mol. The Morgan fingerprint density at radius 1 is 1.50 bits per heavy atom. The van der Waals surface area contributed by atoms with E-state index in [1.54, 1.807) is 26.0 Å². The molecule has 0 radical (unpaired) electrons. The first kappa shape index (κ1) is 15.4. The van der Waals surface area contributed by atoms with Crippen molar-refractivity contribution in [2.45, 2.75) is 19.8 Å². The molecule has 1 rings (SSSR count). The molecule has 1 unspecified atom stereocenters. The highest BCUT2D eigenvalue weighted by Crippen LogP contribution is 2.30. The fourth-order valence-electron chi connectivity index (χ4n) is 1.78. The van der Waals surface area contributed by atoms with Crippen LogP contribution in [0, 0.1) is 17.0 Å². The molecule has 1 aromatic carbocycles. The quantitative estimate of drug-likeness (QED) is 0.284. The SMILES string of the molecule is C=CC(C)c1cc(C)c(C(=O)N=C(N)N)cc1[N+](=O)[O-]. The number of aryl methyl sites for hydroxylation is 1. The average Bonchev–Trinajstić information content (AvgIpc) is 2.35. The number of carbonyl (C=O) groups excluding carboxylic acids is 1. The number of hydrogen-bond donors (Lipinski definition) is 2. The summed E-state index contributed by atoms with van der Waals surface area (Å²) in [5, 5.41) is 11.1. The first-order chi connectivity index (χ1) is 9.27. The predicted molar refractivity (Wildman–Crippen MR) is 76.6 cm³/mol. The zero-order chi connectivity index (χ0) is 15.4. The molecule has 0 aliphatic heterocycles. The fraction of sp³-hybridized carbons (Fsp3) is 0.231. The number of nitro benzene ring substituents is 1. The van der Waals surface area contributed by atoms with Crippen LogP contribution in [0.3, 0.4) is 0 Å². The second-order valence-corrected chi connectivity index (χ2v) is 4.35. The lowest BCUT2D eigenvalue weighted by molar-refractivity contribution is -0.385. The Labute approximate surface area is 116 Å². The zero-order valence-corrected chi connectivity index (χ0v) is 11.3. The molecule has 20 heavy (non-hydrogen) atoms. The van der Waals surface area contributed by atoms with Crippen LogP contribution in [0.25, 0.3) is 0 Å². The smallest absolute Gasteiger partial charge is 0.280 e. The largest absolute Gasteiger partial charge is 0.370 e. The number of benzene rings is 1. The average molecular weight is 276 g/mol. The van der Waals surface area contributed by atoms with Crippen molar-refractivity contribution in [2.24, 2.45) is 16.5 Å². The third-order valence-corrected chi connectivity index (χ3v) is 2.88. The summed E-state index contributed by atoms with van der Waals surface area (Å²) in [5.74, 6) is -1.30. The maximum Gasteiger partial charge on any atom is 0.280 e. The predicted octanol–water partition coefficient (Wildman–Crippen LogP) is 1.61. The molecule has 7 nitrogen and oxygen atoms in total. The highest BCUT2D eigenvalue weighted by atomic mass is 16.6. The van der Waals surface area contributed by atoms with Gasteiger partial charge in [-0.1, -0.05) is 13.0 Å². The lowest BCUT2D eigenvalue weighted by Crippen LogP contribution is -2.24. The molecule has 0 bridgehead atoms. The molecule has 0 heterocycles. The van der Waals surface area contributed by atoms with Crippen molar-refractivity contribution in [2.75, 3.05) is 0 Å². The molecule has 0 saturated carbocycles. The normalized spacial score (nSPS) is 11.5. The molecular formula is C13H16N4O3. The first-order valence-electron chi connectivity index (χ1n) is 5.83. The summed E-state index contributed by atoms with van der Waals surface area (Å²) in [6.45, 7) is 7.07. The Morgan fingerprint density at radius 2 is 2.10 bits per heavy atom. The van der Waals surface area contributed by atoms with Crippen LogP contribution in [-0.4, -0.2) is 16.8 Å². The van der Waals surface area contributed by atoms with Crippen molar-refractivity contribution in [3.63, 3.8) is 0 Å². The number of nitrogens with two attached hydrogens (primary N) is 2. The third-order valence-electron chi connectivity index (χ3n) is 2.88. The van der Waals surface area contributed by atoms with E-state index in [0.717, 1.165) is 0 Å². The van der Waals surface area contributed by atoms with Crippen LogP contribution in [0.15, 0.2) is 29.8 Å². The molecule has 7 heteroatoms. The van der Waals surface area contributed by atoms with Gasteiger partial charge in [0.05, 0.1) is 10.5 Å². The minimum Gasteiger partial charge on any atom is -0.370 e. The van der Waals surface area contributed by atoms with Crippen LogP contribution >= 0.6 is 0 Å². The minimum absolute atomic E-state index is 0.102. The third kappa shape index (κ3) is 3.19. The highest BCUT2D eigenvalue weighted by Gasteiger charge is 2.22. The molecule has 0 aromatic heterocycles. The van der Waals surface area contributed by atoms with Crippen molar-refractivity contribution < 1.29 is 9.72 Å². The number of nitro groups is 1. The van der Waals surface area contributed by atoms with Crippen LogP contribution in [0.4, 0.5) is 5.69 Å². The molecule has 0 aliphatic carbocycles. The van der Waals surface area contributed by atoms with E-state index in [4.69, 9.17) is 11.5 Å². The molecule has 1 aromatic rings. The van der Waals surface area contributed by atoms with E-state index in [2.05, 4.69) is 11.6 Å². The van der Waals surface area contributed by atoms with Gasteiger partial charge >= 0.3 is 0 Å². The molecule has 1 amide bonds. The highest BCUT2D eigenvalue weighted by molar-refractivity contribution is 6.03. The van der Waals surface area contributed by atoms with Gasteiger partial charge in [-0.2, -0.15) is 4.99 Å². The Hall–Kier alpha value is -2.70. The van der Waals surface area contributed by atoms with E-state index in [1.807, 2.05) is 0 Å². The van der Waals surface area contributed by atoms with Crippen molar-refractivity contribution in [3.05, 3.63) is 51.6 Å². The van der Waals surface area contributed by atoms with Gasteiger partial charge in [-0.05, 0) is 18.6 Å². The number of nitrogens with zero attached hydrogens (tertiary/aromatic N) is 2. The molecule has 0 fully saturated rings. The zero-order valence-electron chi connectivity index (χ0n) is 11.3. The van der Waals surface area contributed by atoms with E-state index in [0.29, 0.717) is 11.1 Å². The molecule has 0 spiro atoms. The Morgan fingerprint density at radius 3 is 2.55 bits per heavy atom. The Balaban J connectivity index is 3.48. The van der Waals surface area contributed by atoms with Crippen LogP contribution < -0.4 is 11.5 Å². The van der Waals surface area contributed by atoms with E-state index >= 15 is 0 Å². The Bertz CT molecular complexity index is 604. The number of aliphatic imine (C=N–C) groups is 1. The second kappa shape index (κ2) is 5.96. The van der Waals surface area contributed by atoms with Gasteiger partial charge in [-0.15, -0.1) is 6.58 Å². The lowest BCUT2D eigenvalue weighted by Gasteiger charge is -2.10. The number of amides is 1. The summed E-state index contributed by atoms with van der Waals surface area (Å²) in [4.78, 5) is 25.8. The molecule has 1 atom stereocenters. The van der Waals surface area contributed by atoms with E-state index < -0.39 is 10.8 Å². The molecule has 4 N–H and O–H groups in total. The summed E-state index contributed by atoms with van der Waals surface area (Å²) < 4.78 is 0. The van der Waals surface area contributed by atoms with Gasteiger partial charge in [-0.3, -0.25) is 14.9 Å². The van der Waals surface area contributed by atoms with E-state index in [1.165, 1.54) is 6.07 Å². The standard InChI is InChI=1S/C13H16N4O3/c1-4-7(2)9-5-8(3)10(6-11(9)17(19)20)12(18)16-13(14)15/h4-7H,1H2,2-3H3,(H4,14,15,16,18). The van der Waals surface area contributed by atoms with Gasteiger partial charge in [0, 0.05) is 17.5 Å². The van der Waals surface area contributed by atoms with Crippen LogP contribution in [0.1, 0.15) is 34.3 Å².